The second-order valence-corrected chi connectivity index (χ2v) is 9.31. The maximum atomic E-state index is 13.0. The lowest BCUT2D eigenvalue weighted by Gasteiger charge is -2.13. The van der Waals surface area contributed by atoms with Gasteiger partial charge in [-0.2, -0.15) is 0 Å². The van der Waals surface area contributed by atoms with Gasteiger partial charge in [0.1, 0.15) is 11.5 Å². The third-order valence-electron chi connectivity index (χ3n) is 5.56. The molecule has 0 N–H and O–H groups in total. The van der Waals surface area contributed by atoms with E-state index in [1.165, 1.54) is 11.3 Å². The Kier molecular flexibility index (Phi) is 6.97. The average Bonchev–Trinajstić information content (AvgIpc) is 3.40. The number of ether oxygens (including phenoxy) is 4. The fraction of sp³-hybridized carbons (Fsp3) is 0.185. The van der Waals surface area contributed by atoms with Gasteiger partial charge in [-0.15, -0.1) is 0 Å². The van der Waals surface area contributed by atoms with Crippen molar-refractivity contribution in [1.82, 2.24) is 9.38 Å². The summed E-state index contributed by atoms with van der Waals surface area (Å²) in [5.74, 6) is 2.49. The summed E-state index contributed by atoms with van der Waals surface area (Å²) in [7, 11) is 3.18. The molecule has 0 bridgehead atoms. The maximum Gasteiger partial charge on any atom is 0.274 e. The van der Waals surface area contributed by atoms with Crippen molar-refractivity contribution in [3.8, 4) is 23.0 Å². The van der Waals surface area contributed by atoms with Crippen molar-refractivity contribution in [2.24, 2.45) is 0 Å². The Bertz CT molecular complexity index is 1630. The SMILES string of the molecule is COc1ccc(OCCCOc2c(Cl)cc(C=c3sc4nc5ccccc5n4c3=O)cc2OC)cc1. The molecule has 0 atom stereocenters. The second kappa shape index (κ2) is 10.5. The van der Waals surface area contributed by atoms with Crippen molar-refractivity contribution in [2.45, 2.75) is 6.42 Å². The molecule has 0 saturated heterocycles. The molecule has 0 unspecified atom stereocenters. The molecule has 0 spiro atoms. The molecule has 0 saturated carbocycles. The van der Waals surface area contributed by atoms with Gasteiger partial charge in [-0.3, -0.25) is 4.79 Å². The molecule has 0 aliphatic rings. The topological polar surface area (TPSA) is 71.3 Å². The highest BCUT2D eigenvalue weighted by Crippen LogP contribution is 2.36. The summed E-state index contributed by atoms with van der Waals surface area (Å²) < 4.78 is 24.5. The summed E-state index contributed by atoms with van der Waals surface area (Å²) in [5, 5.41) is 0.399. The van der Waals surface area contributed by atoms with Crippen molar-refractivity contribution >= 4 is 45.0 Å². The number of methoxy groups -OCH3 is 2. The highest BCUT2D eigenvalue weighted by molar-refractivity contribution is 7.15. The number of para-hydroxylation sites is 2. The van der Waals surface area contributed by atoms with E-state index in [2.05, 4.69) is 4.98 Å². The fourth-order valence-electron chi connectivity index (χ4n) is 3.82. The van der Waals surface area contributed by atoms with E-state index < -0.39 is 0 Å². The third-order valence-corrected chi connectivity index (χ3v) is 6.81. The highest BCUT2D eigenvalue weighted by atomic mass is 35.5. The molecule has 5 rings (SSSR count). The molecule has 7 nitrogen and oxygen atoms in total. The molecule has 0 aliphatic heterocycles. The number of halogens is 1. The molecule has 0 fully saturated rings. The van der Waals surface area contributed by atoms with Gasteiger partial charge >= 0.3 is 0 Å². The van der Waals surface area contributed by atoms with Crippen LogP contribution in [0.3, 0.4) is 0 Å². The minimum absolute atomic E-state index is 0.115. The minimum atomic E-state index is -0.115. The minimum Gasteiger partial charge on any atom is -0.497 e. The highest BCUT2D eigenvalue weighted by Gasteiger charge is 2.14. The first-order chi connectivity index (χ1) is 17.6. The molecule has 0 aliphatic carbocycles. The first-order valence-electron chi connectivity index (χ1n) is 11.3. The molecule has 2 heterocycles. The Morgan fingerprint density at radius 3 is 2.50 bits per heavy atom. The molecule has 3 aromatic carbocycles. The molecule has 184 valence electrons. The van der Waals surface area contributed by atoms with Gasteiger partial charge in [0.2, 0.25) is 0 Å². The monoisotopic (exact) mass is 522 g/mol. The van der Waals surface area contributed by atoms with Crippen molar-refractivity contribution < 1.29 is 18.9 Å². The number of rotatable bonds is 9. The average molecular weight is 523 g/mol. The van der Waals surface area contributed by atoms with Crippen LogP contribution in [-0.2, 0) is 0 Å². The maximum absolute atomic E-state index is 13.0. The van der Waals surface area contributed by atoms with Gasteiger partial charge in [0.25, 0.3) is 5.56 Å². The van der Waals surface area contributed by atoms with Gasteiger partial charge in [-0.25, -0.2) is 9.38 Å². The Hall–Kier alpha value is -3.75. The number of hydrogen-bond donors (Lipinski definition) is 0. The van der Waals surface area contributed by atoms with E-state index >= 15 is 0 Å². The molecule has 2 aromatic heterocycles. The number of hydrogen-bond acceptors (Lipinski definition) is 7. The van der Waals surface area contributed by atoms with E-state index in [-0.39, 0.29) is 5.56 Å². The van der Waals surface area contributed by atoms with Crippen molar-refractivity contribution in [1.29, 1.82) is 0 Å². The van der Waals surface area contributed by atoms with Gasteiger partial charge < -0.3 is 18.9 Å². The molecule has 0 amide bonds. The first kappa shape index (κ1) is 24.0. The molecular formula is C27H23ClN2O5S. The van der Waals surface area contributed by atoms with E-state index in [0.717, 1.165) is 28.1 Å². The van der Waals surface area contributed by atoms with E-state index in [1.54, 1.807) is 36.8 Å². The Balaban J connectivity index is 1.29. The summed E-state index contributed by atoms with van der Waals surface area (Å²) in [6.45, 7) is 0.883. The lowest BCUT2D eigenvalue weighted by atomic mass is 10.2. The molecule has 0 radical (unpaired) electrons. The van der Waals surface area contributed by atoms with Gasteiger partial charge in [-0.1, -0.05) is 35.1 Å². The molecule has 9 heteroatoms. The zero-order valence-corrected chi connectivity index (χ0v) is 21.3. The molecule has 36 heavy (non-hydrogen) atoms. The number of benzene rings is 3. The van der Waals surface area contributed by atoms with Crippen molar-refractivity contribution in [2.75, 3.05) is 27.4 Å². The first-order valence-corrected chi connectivity index (χ1v) is 12.5. The van der Waals surface area contributed by atoms with Crippen LogP contribution in [0.15, 0.2) is 65.5 Å². The van der Waals surface area contributed by atoms with Crippen LogP contribution in [0.5, 0.6) is 23.0 Å². The van der Waals surface area contributed by atoms with Crippen LogP contribution in [0.25, 0.3) is 22.1 Å². The quantitative estimate of drug-likeness (QED) is 0.254. The van der Waals surface area contributed by atoms with Crippen LogP contribution in [0.2, 0.25) is 5.02 Å². The van der Waals surface area contributed by atoms with E-state index in [9.17, 15) is 4.79 Å². The predicted molar refractivity (Wildman–Crippen MR) is 142 cm³/mol. The predicted octanol–water partition coefficient (Wildman–Crippen LogP) is 4.98. The zero-order valence-electron chi connectivity index (χ0n) is 19.7. The van der Waals surface area contributed by atoms with E-state index in [4.69, 9.17) is 30.5 Å². The number of aromatic nitrogens is 2. The Labute approximate surface area is 216 Å². The van der Waals surface area contributed by atoms with Gasteiger partial charge in [0.05, 0.1) is 48.0 Å². The van der Waals surface area contributed by atoms with Crippen LogP contribution < -0.4 is 29.0 Å². The summed E-state index contributed by atoms with van der Waals surface area (Å²) in [6, 6.07) is 18.6. The van der Waals surface area contributed by atoms with Gasteiger partial charge in [0.15, 0.2) is 16.5 Å². The van der Waals surface area contributed by atoms with Crippen LogP contribution in [0.4, 0.5) is 0 Å². The largest absolute Gasteiger partial charge is 0.497 e. The van der Waals surface area contributed by atoms with Crippen molar-refractivity contribution in [3.05, 3.63) is 86.1 Å². The number of fused-ring (bicyclic) bond motifs is 3. The normalized spacial score (nSPS) is 11.8. The number of nitrogens with zero attached hydrogens (tertiary/aromatic N) is 2. The van der Waals surface area contributed by atoms with Crippen LogP contribution >= 0.6 is 22.9 Å². The zero-order chi connectivity index (χ0) is 25.1. The summed E-state index contributed by atoms with van der Waals surface area (Å²) in [6.07, 6.45) is 2.44. The number of thiazole rings is 1. The smallest absolute Gasteiger partial charge is 0.274 e. The van der Waals surface area contributed by atoms with E-state index in [1.807, 2.05) is 48.5 Å². The standard InChI is InChI=1S/C27H23ClN2O5S/c1-32-18-8-10-19(11-9-18)34-12-5-13-35-25-20(28)14-17(15-23(25)33-2)16-24-26(31)30-22-7-4-3-6-21(22)29-27(30)36-24/h3-4,6-11,14-16H,5,12-13H2,1-2H3. The van der Waals surface area contributed by atoms with Gasteiger partial charge in [0, 0.05) is 6.42 Å². The Morgan fingerprint density at radius 2 is 1.72 bits per heavy atom. The third kappa shape index (κ3) is 4.82. The molecule has 5 aromatic rings. The summed E-state index contributed by atoms with van der Waals surface area (Å²) in [4.78, 5) is 18.3. The lowest BCUT2D eigenvalue weighted by molar-refractivity contribution is 0.240. The molecular weight excluding hydrogens is 500 g/mol. The lowest BCUT2D eigenvalue weighted by Crippen LogP contribution is -2.22. The van der Waals surface area contributed by atoms with Crippen molar-refractivity contribution in [3.63, 3.8) is 0 Å². The van der Waals surface area contributed by atoms with E-state index in [0.29, 0.717) is 45.6 Å². The fourth-order valence-corrected chi connectivity index (χ4v) is 5.08. The second-order valence-electron chi connectivity index (χ2n) is 7.89. The van der Waals surface area contributed by atoms with Crippen LogP contribution in [-0.4, -0.2) is 36.8 Å². The van der Waals surface area contributed by atoms with Crippen LogP contribution in [0.1, 0.15) is 12.0 Å². The van der Waals surface area contributed by atoms with Crippen LogP contribution in [0, 0.1) is 0 Å². The number of imidazole rings is 1. The summed E-state index contributed by atoms with van der Waals surface area (Å²) in [5.41, 5.74) is 2.21. The summed E-state index contributed by atoms with van der Waals surface area (Å²) >= 11 is 7.87. The Morgan fingerprint density at radius 1 is 0.972 bits per heavy atom. The van der Waals surface area contributed by atoms with Gasteiger partial charge in [-0.05, 0) is 60.2 Å².